The van der Waals surface area contributed by atoms with Crippen molar-refractivity contribution in [1.82, 2.24) is 9.97 Å². The Morgan fingerprint density at radius 1 is 1.69 bits per heavy atom. The summed E-state index contributed by atoms with van der Waals surface area (Å²) < 4.78 is 0. The van der Waals surface area contributed by atoms with Crippen LogP contribution in [0, 0.1) is 12.3 Å². The van der Waals surface area contributed by atoms with Gasteiger partial charge in [0.25, 0.3) is 0 Å². The molecule has 0 radical (unpaired) electrons. The van der Waals surface area contributed by atoms with Crippen LogP contribution < -0.4 is 4.90 Å². The van der Waals surface area contributed by atoms with E-state index in [1.807, 2.05) is 0 Å². The van der Waals surface area contributed by atoms with E-state index in [-0.39, 0.29) is 5.69 Å². The summed E-state index contributed by atoms with van der Waals surface area (Å²) >= 11 is 0. The second-order valence-electron chi connectivity index (χ2n) is 2.94. The Labute approximate surface area is 93.5 Å². The molecule has 0 bridgehead atoms. The summed E-state index contributed by atoms with van der Waals surface area (Å²) in [6.07, 6.45) is 8.08. The zero-order chi connectivity index (χ0) is 12.0. The fourth-order valence-electron chi connectivity index (χ4n) is 1.14. The number of carbonyl (C=O) groups is 1. The molecule has 1 rings (SSSR count). The van der Waals surface area contributed by atoms with Crippen LogP contribution in [0.3, 0.4) is 0 Å². The van der Waals surface area contributed by atoms with Gasteiger partial charge >= 0.3 is 5.97 Å². The van der Waals surface area contributed by atoms with Gasteiger partial charge in [-0.15, -0.1) is 13.0 Å². The van der Waals surface area contributed by atoms with Gasteiger partial charge in [-0.3, -0.25) is 0 Å². The minimum atomic E-state index is -1.09. The van der Waals surface area contributed by atoms with E-state index < -0.39 is 5.97 Å². The molecule has 1 aromatic heterocycles. The highest BCUT2D eigenvalue weighted by molar-refractivity contribution is 5.86. The molecule has 0 unspecified atom stereocenters. The number of terminal acetylenes is 1. The summed E-state index contributed by atoms with van der Waals surface area (Å²) in [5.74, 6) is 1.85. The van der Waals surface area contributed by atoms with Crippen molar-refractivity contribution >= 4 is 11.8 Å². The fourth-order valence-corrected chi connectivity index (χ4v) is 1.14. The quantitative estimate of drug-likeness (QED) is 0.583. The molecule has 0 saturated carbocycles. The predicted molar refractivity (Wildman–Crippen MR) is 60.2 cm³/mol. The number of carboxylic acids is 1. The topological polar surface area (TPSA) is 66.3 Å². The van der Waals surface area contributed by atoms with E-state index in [4.69, 9.17) is 11.5 Å². The van der Waals surface area contributed by atoms with Crippen LogP contribution in [0.1, 0.15) is 10.5 Å². The lowest BCUT2D eigenvalue weighted by molar-refractivity contribution is 0.0690. The molecular formula is C11H11N3O2. The molecule has 0 atom stereocenters. The maximum atomic E-state index is 10.7. The SMILES string of the molecule is C#CCN(CC=C)c1cc(C(=O)O)ncn1. The maximum Gasteiger partial charge on any atom is 0.354 e. The standard InChI is InChI=1S/C11H11N3O2/c1-3-5-14(6-4-2)10-7-9(11(15)16)12-8-13-10/h1,4,7-8H,2,5-6H2,(H,15,16). The largest absolute Gasteiger partial charge is 0.477 e. The molecule has 0 amide bonds. The molecule has 0 aliphatic carbocycles. The molecule has 0 aliphatic rings. The fraction of sp³-hybridized carbons (Fsp3) is 0.182. The van der Waals surface area contributed by atoms with Crippen LogP contribution in [0.4, 0.5) is 5.82 Å². The van der Waals surface area contributed by atoms with Gasteiger partial charge in [-0.1, -0.05) is 12.0 Å². The number of aromatic nitrogens is 2. The number of rotatable bonds is 5. The number of hydrogen-bond acceptors (Lipinski definition) is 4. The van der Waals surface area contributed by atoms with Gasteiger partial charge in [0.1, 0.15) is 12.1 Å². The van der Waals surface area contributed by atoms with Crippen molar-refractivity contribution in [3.05, 3.63) is 30.7 Å². The Morgan fingerprint density at radius 2 is 2.44 bits per heavy atom. The van der Waals surface area contributed by atoms with E-state index >= 15 is 0 Å². The average Bonchev–Trinajstić information content (AvgIpc) is 2.29. The molecule has 0 aliphatic heterocycles. The third-order valence-corrected chi connectivity index (χ3v) is 1.83. The van der Waals surface area contributed by atoms with Crippen molar-refractivity contribution in [2.24, 2.45) is 0 Å². The Morgan fingerprint density at radius 3 is 3.00 bits per heavy atom. The van der Waals surface area contributed by atoms with Crippen molar-refractivity contribution in [2.75, 3.05) is 18.0 Å². The van der Waals surface area contributed by atoms with E-state index in [1.165, 1.54) is 12.4 Å². The van der Waals surface area contributed by atoms with Gasteiger partial charge in [0.15, 0.2) is 5.69 Å². The highest BCUT2D eigenvalue weighted by Gasteiger charge is 2.10. The average molecular weight is 217 g/mol. The first-order chi connectivity index (χ1) is 7.69. The van der Waals surface area contributed by atoms with Crippen molar-refractivity contribution < 1.29 is 9.90 Å². The molecule has 5 nitrogen and oxygen atoms in total. The summed E-state index contributed by atoms with van der Waals surface area (Å²) in [6.45, 7) is 4.43. The second-order valence-corrected chi connectivity index (χ2v) is 2.94. The number of hydrogen-bond donors (Lipinski definition) is 1. The third kappa shape index (κ3) is 2.82. The van der Waals surface area contributed by atoms with Gasteiger partial charge in [0.2, 0.25) is 0 Å². The van der Waals surface area contributed by atoms with Crippen LogP contribution in [0.15, 0.2) is 25.0 Å². The summed E-state index contributed by atoms with van der Waals surface area (Å²) in [6, 6.07) is 1.38. The van der Waals surface area contributed by atoms with Crippen LogP contribution in [-0.2, 0) is 0 Å². The van der Waals surface area contributed by atoms with Crippen LogP contribution >= 0.6 is 0 Å². The lowest BCUT2D eigenvalue weighted by Crippen LogP contribution is -2.25. The second kappa shape index (κ2) is 5.51. The van der Waals surface area contributed by atoms with Gasteiger partial charge in [0, 0.05) is 12.6 Å². The molecule has 82 valence electrons. The molecule has 0 aromatic carbocycles. The molecule has 0 spiro atoms. The molecule has 0 fully saturated rings. The van der Waals surface area contributed by atoms with E-state index in [2.05, 4.69) is 22.5 Å². The first-order valence-electron chi connectivity index (χ1n) is 4.53. The van der Waals surface area contributed by atoms with Crippen LogP contribution in [0.2, 0.25) is 0 Å². The Bertz CT molecular complexity index is 437. The van der Waals surface area contributed by atoms with Crippen molar-refractivity contribution in [3.63, 3.8) is 0 Å². The third-order valence-electron chi connectivity index (χ3n) is 1.83. The Hall–Kier alpha value is -2.35. The minimum absolute atomic E-state index is 0.0592. The molecule has 5 heteroatoms. The van der Waals surface area contributed by atoms with Crippen molar-refractivity contribution in [1.29, 1.82) is 0 Å². The van der Waals surface area contributed by atoms with Gasteiger partial charge in [-0.05, 0) is 0 Å². The molecule has 1 aromatic rings. The summed E-state index contributed by atoms with van der Waals surface area (Å²) in [5, 5.41) is 8.78. The summed E-state index contributed by atoms with van der Waals surface area (Å²) in [7, 11) is 0. The first-order valence-corrected chi connectivity index (χ1v) is 4.53. The zero-order valence-electron chi connectivity index (χ0n) is 8.63. The summed E-state index contributed by atoms with van der Waals surface area (Å²) in [5.41, 5.74) is -0.0592. The molecule has 16 heavy (non-hydrogen) atoms. The molecular weight excluding hydrogens is 206 g/mol. The Kier molecular flexibility index (Phi) is 4.04. The van der Waals surface area contributed by atoms with Crippen LogP contribution in [-0.4, -0.2) is 34.1 Å². The summed E-state index contributed by atoms with van der Waals surface area (Å²) in [4.78, 5) is 20.0. The number of nitrogens with zero attached hydrogens (tertiary/aromatic N) is 3. The zero-order valence-corrected chi connectivity index (χ0v) is 8.63. The highest BCUT2D eigenvalue weighted by atomic mass is 16.4. The first kappa shape index (κ1) is 11.7. The Balaban J connectivity index is 3.00. The molecule has 0 saturated heterocycles. The van der Waals surface area contributed by atoms with E-state index in [1.54, 1.807) is 11.0 Å². The van der Waals surface area contributed by atoms with E-state index in [9.17, 15) is 4.79 Å². The molecule has 1 N–H and O–H groups in total. The lowest BCUT2D eigenvalue weighted by Gasteiger charge is -2.18. The smallest absolute Gasteiger partial charge is 0.354 e. The number of anilines is 1. The van der Waals surface area contributed by atoms with Gasteiger partial charge in [-0.2, -0.15) is 0 Å². The molecule has 1 heterocycles. The maximum absolute atomic E-state index is 10.7. The van der Waals surface area contributed by atoms with Crippen LogP contribution in [0.5, 0.6) is 0 Å². The minimum Gasteiger partial charge on any atom is -0.477 e. The van der Waals surface area contributed by atoms with Crippen LogP contribution in [0.25, 0.3) is 0 Å². The number of carboxylic acid groups (broad SMARTS) is 1. The lowest BCUT2D eigenvalue weighted by atomic mass is 10.3. The highest BCUT2D eigenvalue weighted by Crippen LogP contribution is 2.10. The van der Waals surface area contributed by atoms with Crippen molar-refractivity contribution in [2.45, 2.75) is 0 Å². The van der Waals surface area contributed by atoms with E-state index in [0.717, 1.165) is 0 Å². The normalized spacial score (nSPS) is 9.19. The number of aromatic carboxylic acids is 1. The monoisotopic (exact) mass is 217 g/mol. The predicted octanol–water partition coefficient (Wildman–Crippen LogP) is 0.800. The van der Waals surface area contributed by atoms with Gasteiger partial charge in [-0.25, -0.2) is 14.8 Å². The van der Waals surface area contributed by atoms with E-state index in [0.29, 0.717) is 18.9 Å². The van der Waals surface area contributed by atoms with Gasteiger partial charge < -0.3 is 10.0 Å². The van der Waals surface area contributed by atoms with Crippen molar-refractivity contribution in [3.8, 4) is 12.3 Å². The van der Waals surface area contributed by atoms with Gasteiger partial charge in [0.05, 0.1) is 6.54 Å².